The van der Waals surface area contributed by atoms with E-state index in [2.05, 4.69) is 58.6 Å². The van der Waals surface area contributed by atoms with Crippen LogP contribution in [-0.2, 0) is 0 Å². The fourth-order valence-corrected chi connectivity index (χ4v) is 3.11. The maximum Gasteiger partial charge on any atom is 0.137 e. The average Bonchev–Trinajstić information content (AvgIpc) is 3.13. The number of benzene rings is 1. The van der Waals surface area contributed by atoms with Gasteiger partial charge in [0.2, 0.25) is 0 Å². The number of aromatic nitrogens is 3. The summed E-state index contributed by atoms with van der Waals surface area (Å²) in [6.07, 6.45) is 4.00. The smallest absolute Gasteiger partial charge is 0.137 e. The number of hydrogen-bond acceptors (Lipinski definition) is 2. The molecule has 0 amide bonds. The summed E-state index contributed by atoms with van der Waals surface area (Å²) in [7, 11) is 0. The molecule has 136 valence electrons. The molecule has 1 aromatic carbocycles. The van der Waals surface area contributed by atoms with Gasteiger partial charge < -0.3 is 0 Å². The molecule has 4 rings (SSSR count). The van der Waals surface area contributed by atoms with E-state index in [0.717, 1.165) is 45.0 Å². The molecule has 0 N–H and O–H groups in total. The second-order valence-electron chi connectivity index (χ2n) is 6.28. The lowest BCUT2D eigenvalue weighted by Crippen LogP contribution is -1.93. The molecule has 0 atom stereocenters. The summed E-state index contributed by atoms with van der Waals surface area (Å²) in [5.41, 5.74) is 8.37. The summed E-state index contributed by atoms with van der Waals surface area (Å²) < 4.78 is 2.10. The molecule has 0 fully saturated rings. The summed E-state index contributed by atoms with van der Waals surface area (Å²) in [6.45, 7) is 12.1. The van der Waals surface area contributed by atoms with E-state index in [9.17, 15) is 0 Å². The standard InChI is InChI=1S/C22H19N3.C2H6/c1-15(2)21-13-23-22-12-11-17(14-25(21)22)18-8-4-5-9-19(18)20-10-6-7-16(3)24-20;1-2/h4-14H,1H2,2-3H3;1-2H3. The molecule has 0 unspecified atom stereocenters. The lowest BCUT2D eigenvalue weighted by molar-refractivity contribution is 1.15. The lowest BCUT2D eigenvalue weighted by atomic mass is 9.98. The molecule has 0 aliphatic heterocycles. The summed E-state index contributed by atoms with van der Waals surface area (Å²) >= 11 is 0. The first-order valence-corrected chi connectivity index (χ1v) is 9.30. The van der Waals surface area contributed by atoms with Gasteiger partial charge in [-0.05, 0) is 54.8 Å². The van der Waals surface area contributed by atoms with Crippen LogP contribution in [0.15, 0.2) is 73.6 Å². The number of allylic oxidation sites excluding steroid dienone is 1. The summed E-state index contributed by atoms with van der Waals surface area (Å²) in [5, 5.41) is 0. The van der Waals surface area contributed by atoms with E-state index >= 15 is 0 Å². The van der Waals surface area contributed by atoms with E-state index in [1.807, 2.05) is 52.1 Å². The van der Waals surface area contributed by atoms with Gasteiger partial charge in [0.15, 0.2) is 0 Å². The number of aryl methyl sites for hydroxylation is 1. The predicted molar refractivity (Wildman–Crippen MR) is 115 cm³/mol. The van der Waals surface area contributed by atoms with Crippen LogP contribution in [0.5, 0.6) is 0 Å². The minimum atomic E-state index is 0.924. The molecule has 0 aliphatic rings. The van der Waals surface area contributed by atoms with Crippen molar-refractivity contribution in [3.8, 4) is 22.4 Å². The molecule has 0 radical (unpaired) electrons. The van der Waals surface area contributed by atoms with Crippen LogP contribution in [0.3, 0.4) is 0 Å². The van der Waals surface area contributed by atoms with E-state index in [1.54, 1.807) is 0 Å². The molecule has 3 nitrogen and oxygen atoms in total. The van der Waals surface area contributed by atoms with Gasteiger partial charge in [0, 0.05) is 17.5 Å². The van der Waals surface area contributed by atoms with E-state index in [1.165, 1.54) is 0 Å². The number of pyridine rings is 2. The highest BCUT2D eigenvalue weighted by Gasteiger charge is 2.11. The van der Waals surface area contributed by atoms with Crippen molar-refractivity contribution in [2.75, 3.05) is 0 Å². The second-order valence-corrected chi connectivity index (χ2v) is 6.28. The first-order valence-electron chi connectivity index (χ1n) is 9.30. The Hall–Kier alpha value is -3.20. The Morgan fingerprint density at radius 2 is 1.67 bits per heavy atom. The van der Waals surface area contributed by atoms with Crippen LogP contribution < -0.4 is 0 Å². The van der Waals surface area contributed by atoms with Gasteiger partial charge in [0.1, 0.15) is 5.65 Å². The Morgan fingerprint density at radius 1 is 0.926 bits per heavy atom. The van der Waals surface area contributed by atoms with Crippen LogP contribution in [0.1, 0.15) is 32.2 Å². The van der Waals surface area contributed by atoms with Crippen LogP contribution in [0, 0.1) is 6.92 Å². The maximum absolute atomic E-state index is 4.69. The number of hydrogen-bond donors (Lipinski definition) is 0. The Kier molecular flexibility index (Phi) is 5.51. The van der Waals surface area contributed by atoms with Crippen LogP contribution in [0.4, 0.5) is 0 Å². The fraction of sp³-hybridized carbons (Fsp3) is 0.167. The molecule has 3 aromatic heterocycles. The third-order valence-corrected chi connectivity index (χ3v) is 4.35. The van der Waals surface area contributed by atoms with E-state index in [0.29, 0.717) is 0 Å². The van der Waals surface area contributed by atoms with Gasteiger partial charge in [-0.2, -0.15) is 0 Å². The highest BCUT2D eigenvalue weighted by atomic mass is 15.0. The normalized spacial score (nSPS) is 10.4. The highest BCUT2D eigenvalue weighted by Crippen LogP contribution is 2.31. The Balaban J connectivity index is 0.00000102. The number of imidazole rings is 1. The fourth-order valence-electron chi connectivity index (χ4n) is 3.11. The molecular weight excluding hydrogens is 330 g/mol. The molecule has 0 aliphatic carbocycles. The lowest BCUT2D eigenvalue weighted by Gasteiger charge is -2.11. The minimum absolute atomic E-state index is 0.924. The number of rotatable bonds is 3. The third-order valence-electron chi connectivity index (χ3n) is 4.35. The van der Waals surface area contributed by atoms with E-state index in [4.69, 9.17) is 4.98 Å². The van der Waals surface area contributed by atoms with E-state index in [-0.39, 0.29) is 0 Å². The van der Waals surface area contributed by atoms with Crippen molar-refractivity contribution in [2.45, 2.75) is 27.7 Å². The van der Waals surface area contributed by atoms with Gasteiger partial charge in [0.05, 0.1) is 17.6 Å². The molecule has 0 spiro atoms. The topological polar surface area (TPSA) is 30.2 Å². The van der Waals surface area contributed by atoms with Crippen molar-refractivity contribution in [1.29, 1.82) is 0 Å². The number of nitrogens with zero attached hydrogens (tertiary/aromatic N) is 3. The van der Waals surface area contributed by atoms with Crippen molar-refractivity contribution in [3.05, 3.63) is 85.0 Å². The molecule has 4 aromatic rings. The van der Waals surface area contributed by atoms with Gasteiger partial charge in [-0.3, -0.25) is 9.38 Å². The minimum Gasteiger partial charge on any atom is -0.299 e. The van der Waals surface area contributed by atoms with Gasteiger partial charge in [-0.25, -0.2) is 4.98 Å². The third kappa shape index (κ3) is 3.68. The van der Waals surface area contributed by atoms with Crippen molar-refractivity contribution in [3.63, 3.8) is 0 Å². The van der Waals surface area contributed by atoms with Crippen LogP contribution in [0.2, 0.25) is 0 Å². The van der Waals surface area contributed by atoms with Crippen molar-refractivity contribution in [2.24, 2.45) is 0 Å². The summed E-state index contributed by atoms with van der Waals surface area (Å²) in [6, 6.07) is 18.6. The molecule has 3 heterocycles. The highest BCUT2D eigenvalue weighted by molar-refractivity contribution is 5.82. The van der Waals surface area contributed by atoms with Crippen LogP contribution in [0.25, 0.3) is 33.6 Å². The molecule has 0 saturated heterocycles. The van der Waals surface area contributed by atoms with Crippen molar-refractivity contribution in [1.82, 2.24) is 14.4 Å². The zero-order chi connectivity index (χ0) is 19.4. The predicted octanol–water partition coefficient (Wildman–Crippen LogP) is 6.43. The first-order chi connectivity index (χ1) is 13.1. The monoisotopic (exact) mass is 355 g/mol. The van der Waals surface area contributed by atoms with Crippen LogP contribution in [-0.4, -0.2) is 14.4 Å². The van der Waals surface area contributed by atoms with Gasteiger partial charge >= 0.3 is 0 Å². The quantitative estimate of drug-likeness (QED) is 0.424. The molecule has 3 heteroatoms. The largest absolute Gasteiger partial charge is 0.299 e. The first kappa shape index (κ1) is 18.6. The SMILES string of the molecule is C=C(C)c1cnc2ccc(-c3ccccc3-c3cccc(C)n3)cn12.CC. The van der Waals surface area contributed by atoms with Gasteiger partial charge in [-0.1, -0.05) is 50.8 Å². The van der Waals surface area contributed by atoms with Crippen molar-refractivity contribution < 1.29 is 0 Å². The Bertz CT molecular complexity index is 1090. The zero-order valence-corrected chi connectivity index (χ0v) is 16.4. The molecular formula is C24H25N3. The Morgan fingerprint density at radius 3 is 2.37 bits per heavy atom. The molecule has 0 saturated carbocycles. The second kappa shape index (κ2) is 8.00. The van der Waals surface area contributed by atoms with Crippen molar-refractivity contribution >= 4 is 11.2 Å². The van der Waals surface area contributed by atoms with Crippen LogP contribution >= 0.6 is 0 Å². The van der Waals surface area contributed by atoms with E-state index < -0.39 is 0 Å². The average molecular weight is 355 g/mol. The summed E-state index contributed by atoms with van der Waals surface area (Å²) in [4.78, 5) is 9.15. The maximum atomic E-state index is 4.69. The molecule has 0 bridgehead atoms. The van der Waals surface area contributed by atoms with Gasteiger partial charge in [-0.15, -0.1) is 0 Å². The van der Waals surface area contributed by atoms with Gasteiger partial charge in [0.25, 0.3) is 0 Å². The zero-order valence-electron chi connectivity index (χ0n) is 16.4. The summed E-state index contributed by atoms with van der Waals surface area (Å²) in [5.74, 6) is 0. The number of fused-ring (bicyclic) bond motifs is 1. The molecule has 27 heavy (non-hydrogen) atoms. The Labute approximate surface area is 161 Å².